The van der Waals surface area contributed by atoms with Crippen LogP contribution in [-0.4, -0.2) is 40.8 Å². The van der Waals surface area contributed by atoms with Gasteiger partial charge in [-0.3, -0.25) is 14.9 Å². The third kappa shape index (κ3) is 9.77. The van der Waals surface area contributed by atoms with Gasteiger partial charge in [0.05, 0.1) is 23.5 Å². The Morgan fingerprint density at radius 3 is 2.21 bits per heavy atom. The van der Waals surface area contributed by atoms with E-state index < -0.39 is 34.2 Å². The van der Waals surface area contributed by atoms with Crippen LogP contribution in [0.2, 0.25) is 0 Å². The van der Waals surface area contributed by atoms with Crippen LogP contribution >= 0.6 is 0 Å². The Balaban J connectivity index is 2.90. The predicted octanol–water partition coefficient (Wildman–Crippen LogP) is 3.91. The first-order chi connectivity index (χ1) is 13.2. The lowest BCUT2D eigenvalue weighted by molar-refractivity contribution is -0.385. The van der Waals surface area contributed by atoms with E-state index in [1.807, 2.05) is 0 Å². The summed E-state index contributed by atoms with van der Waals surface area (Å²) < 4.78 is 16.2. The molecule has 0 fully saturated rings. The van der Waals surface area contributed by atoms with Gasteiger partial charge >= 0.3 is 12.1 Å². The number of non-ortho nitro benzene ring substituents is 1. The molecule has 0 spiro atoms. The highest BCUT2D eigenvalue weighted by molar-refractivity contribution is 5.73. The molecule has 0 aromatic heterocycles. The standard InChI is InChI=1S/C20H30N2O7/c1-13-8-9-15(22(25)26)11-16(13)27-12-14(10-17(23)28-19(2,3)4)21-18(24)29-20(5,6)7/h8-9,11,14H,10,12H2,1-7H3,(H,21,24)/t14-/m1/s1. The number of nitro benzene ring substituents is 1. The summed E-state index contributed by atoms with van der Waals surface area (Å²) in [6.07, 6.45) is -0.852. The summed E-state index contributed by atoms with van der Waals surface area (Å²) in [5.74, 6) is -0.225. The number of carbonyl (C=O) groups is 2. The lowest BCUT2D eigenvalue weighted by atomic mass is 10.1. The van der Waals surface area contributed by atoms with E-state index in [4.69, 9.17) is 14.2 Å². The highest BCUT2D eigenvalue weighted by atomic mass is 16.6. The van der Waals surface area contributed by atoms with Crippen LogP contribution in [0.15, 0.2) is 18.2 Å². The maximum atomic E-state index is 12.2. The smallest absolute Gasteiger partial charge is 0.408 e. The van der Waals surface area contributed by atoms with Crippen molar-refractivity contribution in [3.8, 4) is 5.75 Å². The van der Waals surface area contributed by atoms with Gasteiger partial charge in [-0.05, 0) is 60.1 Å². The Morgan fingerprint density at radius 2 is 1.69 bits per heavy atom. The van der Waals surface area contributed by atoms with Gasteiger partial charge < -0.3 is 19.5 Å². The molecule has 162 valence electrons. The van der Waals surface area contributed by atoms with Crippen LogP contribution in [0.5, 0.6) is 5.75 Å². The first-order valence-corrected chi connectivity index (χ1v) is 9.25. The highest BCUT2D eigenvalue weighted by Crippen LogP contribution is 2.24. The van der Waals surface area contributed by atoms with E-state index in [0.29, 0.717) is 11.3 Å². The van der Waals surface area contributed by atoms with E-state index in [0.717, 1.165) is 0 Å². The van der Waals surface area contributed by atoms with Gasteiger partial charge in [-0.1, -0.05) is 0 Å². The van der Waals surface area contributed by atoms with E-state index in [2.05, 4.69) is 5.32 Å². The van der Waals surface area contributed by atoms with Crippen molar-refractivity contribution in [2.45, 2.75) is 72.1 Å². The molecule has 29 heavy (non-hydrogen) atoms. The number of aryl methyl sites for hydroxylation is 1. The maximum Gasteiger partial charge on any atom is 0.408 e. The van der Waals surface area contributed by atoms with Crippen LogP contribution < -0.4 is 10.1 Å². The van der Waals surface area contributed by atoms with Crippen LogP contribution in [0, 0.1) is 17.0 Å². The van der Waals surface area contributed by atoms with Gasteiger partial charge in [0, 0.05) is 6.07 Å². The van der Waals surface area contributed by atoms with Crippen LogP contribution in [0.4, 0.5) is 10.5 Å². The van der Waals surface area contributed by atoms with Crippen molar-refractivity contribution in [3.05, 3.63) is 33.9 Å². The van der Waals surface area contributed by atoms with Gasteiger partial charge in [0.25, 0.3) is 5.69 Å². The molecule has 0 bridgehead atoms. The summed E-state index contributed by atoms with van der Waals surface area (Å²) in [7, 11) is 0. The summed E-state index contributed by atoms with van der Waals surface area (Å²) in [5, 5.41) is 13.6. The molecule has 1 aromatic carbocycles. The molecular formula is C20H30N2O7. The minimum absolute atomic E-state index is 0.0967. The Morgan fingerprint density at radius 1 is 1.10 bits per heavy atom. The maximum absolute atomic E-state index is 12.2. The van der Waals surface area contributed by atoms with Crippen LogP contribution in [0.25, 0.3) is 0 Å². The molecule has 1 amide bonds. The number of benzene rings is 1. The van der Waals surface area contributed by atoms with Crippen molar-refractivity contribution >= 4 is 17.7 Å². The highest BCUT2D eigenvalue weighted by Gasteiger charge is 2.25. The average Bonchev–Trinajstić information content (AvgIpc) is 2.49. The monoisotopic (exact) mass is 410 g/mol. The molecule has 0 heterocycles. The minimum atomic E-state index is -0.752. The van der Waals surface area contributed by atoms with E-state index in [1.54, 1.807) is 54.5 Å². The molecular weight excluding hydrogens is 380 g/mol. The Kier molecular flexibility index (Phi) is 7.99. The molecule has 0 radical (unpaired) electrons. The van der Waals surface area contributed by atoms with E-state index in [-0.39, 0.29) is 18.7 Å². The number of nitrogens with zero attached hydrogens (tertiary/aromatic N) is 1. The second kappa shape index (κ2) is 9.58. The fourth-order valence-corrected chi connectivity index (χ4v) is 2.26. The molecule has 0 saturated heterocycles. The van der Waals surface area contributed by atoms with Gasteiger partial charge in [-0.2, -0.15) is 0 Å². The topological polar surface area (TPSA) is 117 Å². The molecule has 1 rings (SSSR count). The number of nitro groups is 1. The molecule has 0 saturated carbocycles. The zero-order valence-corrected chi connectivity index (χ0v) is 18.0. The molecule has 1 aromatic rings. The van der Waals surface area contributed by atoms with Crippen molar-refractivity contribution in [1.82, 2.24) is 5.32 Å². The van der Waals surface area contributed by atoms with Crippen LogP contribution in [0.3, 0.4) is 0 Å². The van der Waals surface area contributed by atoms with Gasteiger partial charge in [-0.15, -0.1) is 0 Å². The van der Waals surface area contributed by atoms with Crippen LogP contribution in [-0.2, 0) is 14.3 Å². The molecule has 0 aliphatic carbocycles. The van der Waals surface area contributed by atoms with Crippen molar-refractivity contribution in [1.29, 1.82) is 0 Å². The van der Waals surface area contributed by atoms with E-state index in [1.165, 1.54) is 12.1 Å². The van der Waals surface area contributed by atoms with Crippen molar-refractivity contribution in [2.24, 2.45) is 0 Å². The first-order valence-electron chi connectivity index (χ1n) is 9.25. The molecule has 9 nitrogen and oxygen atoms in total. The average molecular weight is 410 g/mol. The van der Waals surface area contributed by atoms with E-state index >= 15 is 0 Å². The number of esters is 1. The number of hydrogen-bond donors (Lipinski definition) is 1. The molecule has 1 atom stereocenters. The summed E-state index contributed by atoms with van der Waals surface area (Å²) in [4.78, 5) is 34.8. The van der Waals surface area contributed by atoms with E-state index in [9.17, 15) is 19.7 Å². The zero-order valence-electron chi connectivity index (χ0n) is 18.0. The number of ether oxygens (including phenoxy) is 3. The SMILES string of the molecule is Cc1ccc([N+](=O)[O-])cc1OC[C@@H](CC(=O)OC(C)(C)C)NC(=O)OC(C)(C)C. The Bertz CT molecular complexity index is 718. The molecule has 0 aliphatic heterocycles. The number of carbonyl (C=O) groups excluding carboxylic acids is 2. The second-order valence-corrected chi connectivity index (χ2v) is 8.65. The second-order valence-electron chi connectivity index (χ2n) is 8.65. The van der Waals surface area contributed by atoms with Crippen molar-refractivity contribution in [2.75, 3.05) is 6.61 Å². The quantitative estimate of drug-likeness (QED) is 0.411. The predicted molar refractivity (Wildman–Crippen MR) is 107 cm³/mol. The van der Waals surface area contributed by atoms with Crippen molar-refractivity contribution < 1.29 is 28.7 Å². The third-order valence-electron chi connectivity index (χ3n) is 3.38. The van der Waals surface area contributed by atoms with Gasteiger partial charge in [0.15, 0.2) is 0 Å². The summed E-state index contributed by atoms with van der Waals surface area (Å²) in [6.45, 7) is 12.0. The fraction of sp³-hybridized carbons (Fsp3) is 0.600. The normalized spacial score (nSPS) is 12.7. The Hall–Kier alpha value is -2.84. The zero-order chi connectivity index (χ0) is 22.4. The number of rotatable bonds is 7. The van der Waals surface area contributed by atoms with Gasteiger partial charge in [-0.25, -0.2) is 4.79 Å². The molecule has 0 aliphatic rings. The van der Waals surface area contributed by atoms with Crippen LogP contribution in [0.1, 0.15) is 53.5 Å². The third-order valence-corrected chi connectivity index (χ3v) is 3.38. The Labute approximate surface area is 170 Å². The molecule has 0 unspecified atom stereocenters. The lowest BCUT2D eigenvalue weighted by Gasteiger charge is -2.25. The number of amides is 1. The molecule has 1 N–H and O–H groups in total. The number of hydrogen-bond acceptors (Lipinski definition) is 7. The van der Waals surface area contributed by atoms with Gasteiger partial charge in [0.1, 0.15) is 23.6 Å². The summed E-state index contributed by atoms with van der Waals surface area (Å²) in [6, 6.07) is 3.49. The van der Waals surface area contributed by atoms with Gasteiger partial charge in [0.2, 0.25) is 0 Å². The summed E-state index contributed by atoms with van der Waals surface area (Å²) >= 11 is 0. The lowest BCUT2D eigenvalue weighted by Crippen LogP contribution is -2.44. The van der Waals surface area contributed by atoms with Crippen molar-refractivity contribution in [3.63, 3.8) is 0 Å². The minimum Gasteiger partial charge on any atom is -0.491 e. The summed E-state index contributed by atoms with van der Waals surface area (Å²) in [5.41, 5.74) is -0.818. The number of nitrogens with one attached hydrogen (secondary N) is 1. The fourth-order valence-electron chi connectivity index (χ4n) is 2.26. The largest absolute Gasteiger partial charge is 0.491 e. The molecule has 9 heteroatoms. The number of alkyl carbamates (subject to hydrolysis) is 1. The first kappa shape index (κ1) is 24.2.